The summed E-state index contributed by atoms with van der Waals surface area (Å²) in [5.41, 5.74) is 0.664. The van der Waals surface area contributed by atoms with Crippen molar-refractivity contribution in [2.45, 2.75) is 19.6 Å². The van der Waals surface area contributed by atoms with E-state index in [2.05, 4.69) is 5.32 Å². The highest BCUT2D eigenvalue weighted by molar-refractivity contribution is 5.74. The fourth-order valence-electron chi connectivity index (χ4n) is 2.33. The van der Waals surface area contributed by atoms with Gasteiger partial charge in [0.1, 0.15) is 17.3 Å². The van der Waals surface area contributed by atoms with E-state index < -0.39 is 0 Å². The molecule has 0 aliphatic heterocycles. The third-order valence-corrected chi connectivity index (χ3v) is 3.56. The maximum atomic E-state index is 12.5. The lowest BCUT2D eigenvalue weighted by Gasteiger charge is -2.22. The number of amides is 2. The van der Waals surface area contributed by atoms with Crippen LogP contribution in [0.4, 0.5) is 4.79 Å². The van der Waals surface area contributed by atoms with Gasteiger partial charge in [-0.3, -0.25) is 0 Å². The van der Waals surface area contributed by atoms with Crippen LogP contribution in [0.15, 0.2) is 69.9 Å². The Bertz CT molecular complexity index is 766. The van der Waals surface area contributed by atoms with Gasteiger partial charge >= 0.3 is 6.03 Å². The van der Waals surface area contributed by atoms with Crippen LogP contribution in [-0.4, -0.2) is 16.0 Å². The number of phenols is 1. The van der Waals surface area contributed by atoms with Crippen LogP contribution in [0.3, 0.4) is 0 Å². The molecule has 0 fully saturated rings. The number of hydrogen-bond donors (Lipinski definition) is 2. The minimum atomic E-state index is -0.272. The number of para-hydroxylation sites is 1. The molecule has 0 aliphatic rings. The Hall–Kier alpha value is -3.15. The maximum Gasteiger partial charge on any atom is 0.318 e. The molecule has 6 heteroatoms. The minimum Gasteiger partial charge on any atom is -0.508 e. The molecule has 0 atom stereocenters. The van der Waals surface area contributed by atoms with Gasteiger partial charge in [-0.1, -0.05) is 18.2 Å². The van der Waals surface area contributed by atoms with E-state index >= 15 is 0 Å². The number of carbonyl (C=O) groups excluding carboxylic acids is 1. The van der Waals surface area contributed by atoms with Crippen LogP contribution in [0.5, 0.6) is 5.75 Å². The summed E-state index contributed by atoms with van der Waals surface area (Å²) < 4.78 is 10.5. The summed E-state index contributed by atoms with van der Waals surface area (Å²) in [6.07, 6.45) is 3.12. The molecular weight excluding hydrogens is 308 g/mol. The number of benzene rings is 1. The molecule has 124 valence electrons. The van der Waals surface area contributed by atoms with Gasteiger partial charge in [0.2, 0.25) is 0 Å². The Morgan fingerprint density at radius 3 is 2.33 bits per heavy atom. The smallest absolute Gasteiger partial charge is 0.318 e. The number of urea groups is 1. The van der Waals surface area contributed by atoms with Crippen molar-refractivity contribution in [2.75, 3.05) is 0 Å². The summed E-state index contributed by atoms with van der Waals surface area (Å²) in [5.74, 6) is 1.49. The van der Waals surface area contributed by atoms with Crippen molar-refractivity contribution >= 4 is 6.03 Å². The van der Waals surface area contributed by atoms with E-state index in [9.17, 15) is 9.90 Å². The molecule has 3 rings (SSSR count). The Morgan fingerprint density at radius 1 is 0.958 bits per heavy atom. The molecular formula is C18H18N2O4. The molecule has 2 N–H and O–H groups in total. The van der Waals surface area contributed by atoms with E-state index in [4.69, 9.17) is 8.83 Å². The van der Waals surface area contributed by atoms with E-state index in [1.54, 1.807) is 59.9 Å². The first-order valence-corrected chi connectivity index (χ1v) is 7.57. The molecule has 0 radical (unpaired) electrons. The van der Waals surface area contributed by atoms with Crippen molar-refractivity contribution in [1.82, 2.24) is 10.2 Å². The molecule has 0 unspecified atom stereocenters. The number of aromatic hydroxyl groups is 1. The van der Waals surface area contributed by atoms with Crippen molar-refractivity contribution in [1.29, 1.82) is 0 Å². The quantitative estimate of drug-likeness (QED) is 0.727. The van der Waals surface area contributed by atoms with Crippen LogP contribution in [0.1, 0.15) is 17.1 Å². The van der Waals surface area contributed by atoms with E-state index in [0.29, 0.717) is 30.2 Å². The SMILES string of the molecule is O=C(NCc1ccco1)N(Cc1ccco1)Cc1ccccc1O. The molecule has 0 spiro atoms. The van der Waals surface area contributed by atoms with Crippen LogP contribution in [0.25, 0.3) is 0 Å². The topological polar surface area (TPSA) is 78.9 Å². The summed E-state index contributed by atoms with van der Waals surface area (Å²) >= 11 is 0. The van der Waals surface area contributed by atoms with Gasteiger partial charge in [-0.15, -0.1) is 0 Å². The van der Waals surface area contributed by atoms with Crippen LogP contribution in [0, 0.1) is 0 Å². The summed E-state index contributed by atoms with van der Waals surface area (Å²) in [7, 11) is 0. The second-order valence-corrected chi connectivity index (χ2v) is 5.30. The highest BCUT2D eigenvalue weighted by atomic mass is 16.3. The average Bonchev–Trinajstić information content (AvgIpc) is 3.27. The van der Waals surface area contributed by atoms with Crippen LogP contribution < -0.4 is 5.32 Å². The van der Waals surface area contributed by atoms with E-state index in [1.807, 2.05) is 6.07 Å². The van der Waals surface area contributed by atoms with Crippen molar-refractivity contribution < 1.29 is 18.7 Å². The minimum absolute atomic E-state index is 0.153. The second-order valence-electron chi connectivity index (χ2n) is 5.30. The summed E-state index contributed by atoms with van der Waals surface area (Å²) in [6.45, 7) is 0.851. The third-order valence-electron chi connectivity index (χ3n) is 3.56. The largest absolute Gasteiger partial charge is 0.508 e. The van der Waals surface area contributed by atoms with Crippen LogP contribution >= 0.6 is 0 Å². The van der Waals surface area contributed by atoms with Crippen molar-refractivity contribution in [3.63, 3.8) is 0 Å². The lowest BCUT2D eigenvalue weighted by molar-refractivity contribution is 0.185. The zero-order chi connectivity index (χ0) is 16.8. The van der Waals surface area contributed by atoms with Gasteiger partial charge in [0.25, 0.3) is 0 Å². The lowest BCUT2D eigenvalue weighted by atomic mass is 10.2. The molecule has 2 aromatic heterocycles. The summed E-state index contributed by atoms with van der Waals surface area (Å²) in [5, 5.41) is 12.8. The van der Waals surface area contributed by atoms with Gasteiger partial charge in [0.15, 0.2) is 0 Å². The number of furan rings is 2. The van der Waals surface area contributed by atoms with Gasteiger partial charge in [-0.05, 0) is 30.3 Å². The molecule has 24 heavy (non-hydrogen) atoms. The lowest BCUT2D eigenvalue weighted by Crippen LogP contribution is -2.38. The Labute approximate surface area is 139 Å². The predicted octanol–water partition coefficient (Wildman–Crippen LogP) is 3.49. The first kappa shape index (κ1) is 15.7. The standard InChI is InChI=1S/C18H18N2O4/c21-17-8-2-1-5-14(17)12-20(13-16-7-4-10-24-16)18(22)19-11-15-6-3-9-23-15/h1-10,21H,11-13H2,(H,19,22). The summed E-state index contributed by atoms with van der Waals surface area (Å²) in [6, 6.07) is 13.8. The molecule has 2 heterocycles. The van der Waals surface area contributed by atoms with Crippen LogP contribution in [0.2, 0.25) is 0 Å². The predicted molar refractivity (Wildman–Crippen MR) is 87.0 cm³/mol. The highest BCUT2D eigenvalue weighted by Crippen LogP contribution is 2.19. The van der Waals surface area contributed by atoms with E-state index in [0.717, 1.165) is 0 Å². The van der Waals surface area contributed by atoms with Crippen molar-refractivity contribution in [3.05, 3.63) is 78.1 Å². The van der Waals surface area contributed by atoms with Gasteiger partial charge in [-0.25, -0.2) is 4.79 Å². The van der Waals surface area contributed by atoms with Gasteiger partial charge in [0, 0.05) is 5.56 Å². The number of nitrogens with zero attached hydrogens (tertiary/aromatic N) is 1. The van der Waals surface area contributed by atoms with Gasteiger partial charge in [-0.2, -0.15) is 0 Å². The molecule has 3 aromatic rings. The van der Waals surface area contributed by atoms with Crippen LogP contribution in [-0.2, 0) is 19.6 Å². The third kappa shape index (κ3) is 3.98. The van der Waals surface area contributed by atoms with Gasteiger partial charge < -0.3 is 24.2 Å². The normalized spacial score (nSPS) is 10.5. The molecule has 0 bridgehead atoms. The fourth-order valence-corrected chi connectivity index (χ4v) is 2.33. The molecule has 6 nitrogen and oxygen atoms in total. The van der Waals surface area contributed by atoms with Crippen molar-refractivity contribution in [2.24, 2.45) is 0 Å². The molecule has 2 amide bonds. The number of phenolic OH excluding ortho intramolecular Hbond substituents is 1. The number of hydrogen-bond acceptors (Lipinski definition) is 4. The molecule has 0 aliphatic carbocycles. The molecule has 0 saturated heterocycles. The zero-order valence-corrected chi connectivity index (χ0v) is 13.0. The first-order valence-electron chi connectivity index (χ1n) is 7.57. The Kier molecular flexibility index (Phi) is 4.86. The second kappa shape index (κ2) is 7.41. The molecule has 1 aromatic carbocycles. The van der Waals surface area contributed by atoms with E-state index in [1.165, 1.54) is 0 Å². The average molecular weight is 326 g/mol. The number of nitrogens with one attached hydrogen (secondary N) is 1. The monoisotopic (exact) mass is 326 g/mol. The number of carbonyl (C=O) groups is 1. The van der Waals surface area contributed by atoms with Crippen molar-refractivity contribution in [3.8, 4) is 5.75 Å². The maximum absolute atomic E-state index is 12.5. The van der Waals surface area contributed by atoms with Gasteiger partial charge in [0.05, 0.1) is 32.2 Å². The fraction of sp³-hybridized carbons (Fsp3) is 0.167. The summed E-state index contributed by atoms with van der Waals surface area (Å²) in [4.78, 5) is 14.1. The first-order chi connectivity index (χ1) is 11.7. The molecule has 0 saturated carbocycles. The zero-order valence-electron chi connectivity index (χ0n) is 13.0. The highest BCUT2D eigenvalue weighted by Gasteiger charge is 2.17. The Balaban J connectivity index is 1.71. The Morgan fingerprint density at radius 2 is 1.67 bits per heavy atom. The number of rotatable bonds is 6. The van der Waals surface area contributed by atoms with E-state index in [-0.39, 0.29) is 18.3 Å².